The fourth-order valence-electron chi connectivity index (χ4n) is 3.80. The molecular formula is C22H20N4OS. The quantitative estimate of drug-likeness (QED) is 0.523. The van der Waals surface area contributed by atoms with Gasteiger partial charge in [0.25, 0.3) is 5.91 Å². The number of carbonyl (C=O) groups excluding carboxylic acids is 1. The van der Waals surface area contributed by atoms with E-state index in [4.69, 9.17) is 4.98 Å². The van der Waals surface area contributed by atoms with Gasteiger partial charge in [0, 0.05) is 30.1 Å². The van der Waals surface area contributed by atoms with Crippen molar-refractivity contribution in [2.24, 2.45) is 0 Å². The largest absolute Gasteiger partial charge is 0.334 e. The summed E-state index contributed by atoms with van der Waals surface area (Å²) in [5.74, 6) is 0.0529. The van der Waals surface area contributed by atoms with E-state index in [2.05, 4.69) is 16.5 Å². The lowest BCUT2D eigenvalue weighted by atomic mass is 10.0. The van der Waals surface area contributed by atoms with Crippen LogP contribution in [-0.4, -0.2) is 32.1 Å². The fourth-order valence-corrected chi connectivity index (χ4v) is 4.69. The molecule has 1 aliphatic rings. The molecule has 4 aromatic rings. The van der Waals surface area contributed by atoms with Crippen LogP contribution in [0.1, 0.15) is 27.7 Å². The molecule has 1 aliphatic heterocycles. The van der Waals surface area contributed by atoms with Crippen LogP contribution in [0.3, 0.4) is 0 Å². The standard InChI is InChI=1S/C22H20N4OS/c1-2-26-21-18(13-23-26)17(12-19(24-21)15-6-4-3-5-7-15)22(27)25-10-8-20-16(14-25)9-11-28-20/h3-7,9,11-13H,2,8,10,14H2,1H3. The molecule has 0 saturated heterocycles. The van der Waals surface area contributed by atoms with Gasteiger partial charge in [0.2, 0.25) is 0 Å². The van der Waals surface area contributed by atoms with Gasteiger partial charge in [-0.1, -0.05) is 30.3 Å². The van der Waals surface area contributed by atoms with Crippen molar-refractivity contribution in [3.63, 3.8) is 0 Å². The predicted octanol–water partition coefficient (Wildman–Crippen LogP) is 4.38. The van der Waals surface area contributed by atoms with Crippen molar-refractivity contribution in [3.8, 4) is 11.3 Å². The molecule has 0 N–H and O–H groups in total. The van der Waals surface area contributed by atoms with Gasteiger partial charge in [-0.3, -0.25) is 4.79 Å². The van der Waals surface area contributed by atoms with Crippen molar-refractivity contribution in [2.45, 2.75) is 26.4 Å². The molecule has 1 amide bonds. The Bertz CT molecular complexity index is 1160. The maximum Gasteiger partial charge on any atom is 0.255 e. The number of aryl methyl sites for hydroxylation is 1. The zero-order chi connectivity index (χ0) is 19.1. The second-order valence-corrected chi connectivity index (χ2v) is 7.97. The smallest absolute Gasteiger partial charge is 0.255 e. The molecule has 6 heteroatoms. The number of hydrogen-bond donors (Lipinski definition) is 0. The Morgan fingerprint density at radius 3 is 2.89 bits per heavy atom. The monoisotopic (exact) mass is 388 g/mol. The number of thiophene rings is 1. The zero-order valence-corrected chi connectivity index (χ0v) is 16.4. The second kappa shape index (κ2) is 6.87. The van der Waals surface area contributed by atoms with Gasteiger partial charge < -0.3 is 4.90 Å². The summed E-state index contributed by atoms with van der Waals surface area (Å²) in [7, 11) is 0. The third kappa shape index (κ3) is 2.81. The third-order valence-electron chi connectivity index (χ3n) is 5.30. The number of rotatable bonds is 3. The lowest BCUT2D eigenvalue weighted by Crippen LogP contribution is -2.35. The number of carbonyl (C=O) groups is 1. The molecule has 0 fully saturated rings. The molecule has 28 heavy (non-hydrogen) atoms. The van der Waals surface area contributed by atoms with E-state index >= 15 is 0 Å². The number of nitrogens with zero attached hydrogens (tertiary/aromatic N) is 4. The second-order valence-electron chi connectivity index (χ2n) is 6.96. The summed E-state index contributed by atoms with van der Waals surface area (Å²) < 4.78 is 1.85. The molecule has 3 aromatic heterocycles. The van der Waals surface area contributed by atoms with Gasteiger partial charge in [-0.2, -0.15) is 5.10 Å². The third-order valence-corrected chi connectivity index (χ3v) is 6.33. The normalized spacial score (nSPS) is 13.7. The van der Waals surface area contributed by atoms with Gasteiger partial charge in [-0.15, -0.1) is 11.3 Å². The summed E-state index contributed by atoms with van der Waals surface area (Å²) in [6.45, 7) is 4.17. The van der Waals surface area contributed by atoms with Crippen LogP contribution in [0.2, 0.25) is 0 Å². The molecule has 0 atom stereocenters. The predicted molar refractivity (Wildman–Crippen MR) is 111 cm³/mol. The molecule has 140 valence electrons. The zero-order valence-electron chi connectivity index (χ0n) is 15.6. The Morgan fingerprint density at radius 2 is 2.07 bits per heavy atom. The molecule has 5 nitrogen and oxygen atoms in total. The number of fused-ring (bicyclic) bond motifs is 2. The maximum atomic E-state index is 13.5. The number of benzene rings is 1. The Kier molecular flexibility index (Phi) is 4.20. The number of amides is 1. The van der Waals surface area contributed by atoms with Crippen molar-refractivity contribution in [3.05, 3.63) is 70.0 Å². The molecule has 5 rings (SSSR count). The number of aromatic nitrogens is 3. The average molecular weight is 388 g/mol. The summed E-state index contributed by atoms with van der Waals surface area (Å²) in [6, 6.07) is 14.1. The van der Waals surface area contributed by atoms with Gasteiger partial charge in [0.1, 0.15) is 0 Å². The van der Waals surface area contributed by atoms with E-state index in [-0.39, 0.29) is 5.91 Å². The van der Waals surface area contributed by atoms with Crippen molar-refractivity contribution in [2.75, 3.05) is 6.54 Å². The first-order valence-electron chi connectivity index (χ1n) is 9.51. The molecule has 0 aliphatic carbocycles. The molecule has 0 spiro atoms. The molecule has 0 bridgehead atoms. The van der Waals surface area contributed by atoms with Crippen LogP contribution in [0, 0.1) is 0 Å². The van der Waals surface area contributed by atoms with Crippen molar-refractivity contribution >= 4 is 28.3 Å². The Hall–Kier alpha value is -2.99. The fraction of sp³-hybridized carbons (Fsp3) is 0.227. The lowest BCUT2D eigenvalue weighted by Gasteiger charge is -2.27. The first-order chi connectivity index (χ1) is 13.7. The Labute approximate surface area is 167 Å². The minimum Gasteiger partial charge on any atom is -0.334 e. The lowest BCUT2D eigenvalue weighted by molar-refractivity contribution is 0.0738. The van der Waals surface area contributed by atoms with E-state index < -0.39 is 0 Å². The van der Waals surface area contributed by atoms with Gasteiger partial charge in [0.15, 0.2) is 5.65 Å². The maximum absolute atomic E-state index is 13.5. The van der Waals surface area contributed by atoms with E-state index in [1.165, 1.54) is 10.4 Å². The first-order valence-corrected chi connectivity index (χ1v) is 10.4. The van der Waals surface area contributed by atoms with Crippen molar-refractivity contribution < 1.29 is 4.79 Å². The molecule has 1 aromatic carbocycles. The van der Waals surface area contributed by atoms with Gasteiger partial charge >= 0.3 is 0 Å². The van der Waals surface area contributed by atoms with E-state index in [9.17, 15) is 4.79 Å². The van der Waals surface area contributed by atoms with E-state index in [1.807, 2.05) is 52.9 Å². The van der Waals surface area contributed by atoms with Crippen LogP contribution in [-0.2, 0) is 19.5 Å². The summed E-state index contributed by atoms with van der Waals surface area (Å²) in [5, 5.41) is 7.38. The average Bonchev–Trinajstić information content (AvgIpc) is 3.39. The summed E-state index contributed by atoms with van der Waals surface area (Å²) in [4.78, 5) is 21.7. The van der Waals surface area contributed by atoms with Gasteiger partial charge in [-0.05, 0) is 36.4 Å². The van der Waals surface area contributed by atoms with Crippen LogP contribution >= 0.6 is 11.3 Å². The molecular weight excluding hydrogens is 368 g/mol. The minimum absolute atomic E-state index is 0.0529. The summed E-state index contributed by atoms with van der Waals surface area (Å²) in [6.07, 6.45) is 2.69. The summed E-state index contributed by atoms with van der Waals surface area (Å²) in [5.41, 5.74) is 4.52. The molecule has 0 radical (unpaired) electrons. The topological polar surface area (TPSA) is 51.0 Å². The van der Waals surface area contributed by atoms with Crippen LogP contribution in [0.15, 0.2) is 54.0 Å². The Morgan fingerprint density at radius 1 is 1.21 bits per heavy atom. The Balaban J connectivity index is 1.62. The van der Waals surface area contributed by atoms with Crippen molar-refractivity contribution in [1.82, 2.24) is 19.7 Å². The molecule has 4 heterocycles. The summed E-state index contributed by atoms with van der Waals surface area (Å²) >= 11 is 1.78. The highest BCUT2D eigenvalue weighted by Gasteiger charge is 2.25. The van der Waals surface area contributed by atoms with E-state index in [0.717, 1.165) is 35.3 Å². The van der Waals surface area contributed by atoms with Crippen molar-refractivity contribution in [1.29, 1.82) is 0 Å². The molecule has 0 unspecified atom stereocenters. The highest BCUT2D eigenvalue weighted by molar-refractivity contribution is 7.10. The SMILES string of the molecule is CCn1ncc2c(C(=O)N3CCc4sccc4C3)cc(-c3ccccc3)nc21. The molecule has 0 saturated carbocycles. The highest BCUT2D eigenvalue weighted by Crippen LogP contribution is 2.29. The minimum atomic E-state index is 0.0529. The van der Waals surface area contributed by atoms with Crippen LogP contribution < -0.4 is 0 Å². The van der Waals surface area contributed by atoms with Crippen LogP contribution in [0.5, 0.6) is 0 Å². The van der Waals surface area contributed by atoms with Gasteiger partial charge in [-0.25, -0.2) is 9.67 Å². The first kappa shape index (κ1) is 17.1. The van der Waals surface area contributed by atoms with Crippen LogP contribution in [0.25, 0.3) is 22.3 Å². The van der Waals surface area contributed by atoms with E-state index in [0.29, 0.717) is 18.7 Å². The van der Waals surface area contributed by atoms with E-state index in [1.54, 1.807) is 17.5 Å². The highest BCUT2D eigenvalue weighted by atomic mass is 32.1. The van der Waals surface area contributed by atoms with Crippen LogP contribution in [0.4, 0.5) is 0 Å². The number of hydrogen-bond acceptors (Lipinski definition) is 4. The number of pyridine rings is 1. The van der Waals surface area contributed by atoms with Gasteiger partial charge in [0.05, 0.1) is 22.8 Å².